The minimum Gasteiger partial charge on any atom is -0.388 e. The Hall–Kier alpha value is -1.68. The van der Waals surface area contributed by atoms with Gasteiger partial charge in [0.1, 0.15) is 6.61 Å². The van der Waals surface area contributed by atoms with Crippen LogP contribution in [0.3, 0.4) is 0 Å². The van der Waals surface area contributed by atoms with E-state index in [1.807, 2.05) is 18.2 Å². The quantitative estimate of drug-likeness (QED) is 0.864. The van der Waals surface area contributed by atoms with Crippen LogP contribution in [0.2, 0.25) is 0 Å². The molecule has 0 saturated heterocycles. The number of hydrogen-bond acceptors (Lipinski definition) is 4. The second kappa shape index (κ2) is 4.30. The molecule has 0 atom stereocenters. The van der Waals surface area contributed by atoms with Crippen molar-refractivity contribution in [1.82, 2.24) is 10.1 Å². The van der Waals surface area contributed by atoms with Crippen molar-refractivity contribution in [2.75, 3.05) is 0 Å². The zero-order chi connectivity index (χ0) is 12.5. The van der Waals surface area contributed by atoms with Gasteiger partial charge in [-0.3, -0.25) is 0 Å². The highest BCUT2D eigenvalue weighted by atomic mass is 16.5. The summed E-state index contributed by atoms with van der Waals surface area (Å²) in [4.78, 5) is 4.15. The van der Waals surface area contributed by atoms with Crippen molar-refractivity contribution in [2.45, 2.75) is 32.8 Å². The first-order valence-corrected chi connectivity index (χ1v) is 5.55. The van der Waals surface area contributed by atoms with E-state index < -0.39 is 0 Å². The van der Waals surface area contributed by atoms with E-state index in [0.29, 0.717) is 11.7 Å². The molecule has 0 unspecified atom stereocenters. The molecule has 2 rings (SSSR count). The lowest BCUT2D eigenvalue weighted by Crippen LogP contribution is -2.12. The molecule has 0 saturated carbocycles. The Kier molecular flexibility index (Phi) is 2.98. The standard InChI is InChI=1S/C13H16N2O2/c1-13(2,3)10-7-5-4-6-9(10)12-14-11(8-16)15-17-12/h4-7,16H,8H2,1-3H3. The maximum Gasteiger partial charge on any atom is 0.258 e. The van der Waals surface area contributed by atoms with Crippen LogP contribution in [-0.4, -0.2) is 15.2 Å². The average molecular weight is 232 g/mol. The van der Waals surface area contributed by atoms with Crippen LogP contribution in [-0.2, 0) is 12.0 Å². The first-order valence-electron chi connectivity index (χ1n) is 5.55. The minimum atomic E-state index is -0.207. The molecule has 4 nitrogen and oxygen atoms in total. The Morgan fingerprint density at radius 2 is 1.94 bits per heavy atom. The van der Waals surface area contributed by atoms with Gasteiger partial charge in [-0.25, -0.2) is 0 Å². The molecule has 0 spiro atoms. The summed E-state index contributed by atoms with van der Waals surface area (Å²) in [5.74, 6) is 0.767. The van der Waals surface area contributed by atoms with Crippen LogP contribution in [0.25, 0.3) is 11.5 Å². The summed E-state index contributed by atoms with van der Waals surface area (Å²) in [6, 6.07) is 7.94. The van der Waals surface area contributed by atoms with Crippen molar-refractivity contribution in [3.05, 3.63) is 35.7 Å². The first-order chi connectivity index (χ1) is 8.02. The van der Waals surface area contributed by atoms with Crippen LogP contribution in [0, 0.1) is 0 Å². The highest BCUT2D eigenvalue weighted by molar-refractivity contribution is 5.60. The molecule has 1 heterocycles. The van der Waals surface area contributed by atoms with Crippen LogP contribution in [0.5, 0.6) is 0 Å². The third-order valence-electron chi connectivity index (χ3n) is 2.57. The van der Waals surface area contributed by atoms with E-state index in [1.54, 1.807) is 0 Å². The summed E-state index contributed by atoms with van der Waals surface area (Å²) >= 11 is 0. The maximum atomic E-state index is 8.94. The van der Waals surface area contributed by atoms with Gasteiger partial charge in [0.25, 0.3) is 5.89 Å². The number of nitrogens with zero attached hydrogens (tertiary/aromatic N) is 2. The van der Waals surface area contributed by atoms with E-state index in [-0.39, 0.29) is 12.0 Å². The first kappa shape index (κ1) is 11.8. The van der Waals surface area contributed by atoms with Crippen molar-refractivity contribution in [3.63, 3.8) is 0 Å². The summed E-state index contributed by atoms with van der Waals surface area (Å²) in [5, 5.41) is 12.6. The zero-order valence-electron chi connectivity index (χ0n) is 10.3. The summed E-state index contributed by atoms with van der Waals surface area (Å²) in [5.41, 5.74) is 2.07. The van der Waals surface area contributed by atoms with Crippen LogP contribution in [0.1, 0.15) is 32.2 Å². The lowest BCUT2D eigenvalue weighted by Gasteiger charge is -2.21. The molecule has 0 radical (unpaired) electrons. The van der Waals surface area contributed by atoms with Crippen molar-refractivity contribution in [3.8, 4) is 11.5 Å². The predicted octanol–water partition coefficient (Wildman–Crippen LogP) is 2.53. The summed E-state index contributed by atoms with van der Waals surface area (Å²) in [6.45, 7) is 6.20. The van der Waals surface area contributed by atoms with Gasteiger partial charge < -0.3 is 9.63 Å². The van der Waals surface area contributed by atoms with E-state index in [0.717, 1.165) is 11.1 Å². The van der Waals surface area contributed by atoms with Crippen LogP contribution < -0.4 is 0 Å². The predicted molar refractivity (Wildman–Crippen MR) is 64.4 cm³/mol. The highest BCUT2D eigenvalue weighted by Gasteiger charge is 2.21. The Morgan fingerprint density at radius 1 is 1.24 bits per heavy atom. The fraction of sp³-hybridized carbons (Fsp3) is 0.385. The van der Waals surface area contributed by atoms with Gasteiger partial charge in [-0.1, -0.05) is 44.1 Å². The van der Waals surface area contributed by atoms with Crippen LogP contribution in [0.4, 0.5) is 0 Å². The Morgan fingerprint density at radius 3 is 2.53 bits per heavy atom. The maximum absolute atomic E-state index is 8.94. The number of hydrogen-bond donors (Lipinski definition) is 1. The molecule has 17 heavy (non-hydrogen) atoms. The zero-order valence-corrected chi connectivity index (χ0v) is 10.3. The third-order valence-corrected chi connectivity index (χ3v) is 2.57. The number of aromatic nitrogens is 2. The summed E-state index contributed by atoms with van der Waals surface area (Å²) in [7, 11) is 0. The molecule has 1 N–H and O–H groups in total. The van der Waals surface area contributed by atoms with E-state index in [9.17, 15) is 0 Å². The van der Waals surface area contributed by atoms with E-state index >= 15 is 0 Å². The molecule has 4 heteroatoms. The number of benzene rings is 1. The third kappa shape index (κ3) is 2.36. The molecule has 0 amide bonds. The molecular weight excluding hydrogens is 216 g/mol. The molecule has 0 aliphatic carbocycles. The minimum absolute atomic E-state index is 0.00441. The van der Waals surface area contributed by atoms with Crippen LogP contribution >= 0.6 is 0 Å². The Bertz CT molecular complexity index is 512. The highest BCUT2D eigenvalue weighted by Crippen LogP contribution is 2.31. The Labute approximate surface area is 100 Å². The van der Waals surface area contributed by atoms with E-state index in [2.05, 4.69) is 37.0 Å². The van der Waals surface area contributed by atoms with Crippen molar-refractivity contribution in [2.24, 2.45) is 0 Å². The van der Waals surface area contributed by atoms with E-state index in [1.165, 1.54) is 0 Å². The normalized spacial score (nSPS) is 11.8. The largest absolute Gasteiger partial charge is 0.388 e. The van der Waals surface area contributed by atoms with Gasteiger partial charge in [-0.15, -0.1) is 0 Å². The van der Waals surface area contributed by atoms with Crippen molar-refractivity contribution >= 4 is 0 Å². The van der Waals surface area contributed by atoms with Gasteiger partial charge >= 0.3 is 0 Å². The summed E-state index contributed by atoms with van der Waals surface area (Å²) < 4.78 is 5.16. The Balaban J connectivity index is 2.52. The topological polar surface area (TPSA) is 59.2 Å². The molecule has 0 aliphatic rings. The lowest BCUT2D eigenvalue weighted by atomic mass is 9.84. The smallest absolute Gasteiger partial charge is 0.258 e. The number of aliphatic hydroxyl groups excluding tert-OH is 1. The molecule has 1 aromatic heterocycles. The van der Waals surface area contributed by atoms with Gasteiger partial charge in [-0.05, 0) is 17.0 Å². The van der Waals surface area contributed by atoms with Gasteiger partial charge in [-0.2, -0.15) is 4.98 Å². The molecule has 0 fully saturated rings. The molecule has 0 bridgehead atoms. The second-order valence-electron chi connectivity index (χ2n) is 4.97. The van der Waals surface area contributed by atoms with Gasteiger partial charge in [0, 0.05) is 5.56 Å². The fourth-order valence-corrected chi connectivity index (χ4v) is 1.75. The molecule has 90 valence electrons. The fourth-order valence-electron chi connectivity index (χ4n) is 1.75. The number of rotatable bonds is 2. The second-order valence-corrected chi connectivity index (χ2v) is 4.97. The van der Waals surface area contributed by atoms with Gasteiger partial charge in [0.2, 0.25) is 0 Å². The molecular formula is C13H16N2O2. The number of aliphatic hydroxyl groups is 1. The van der Waals surface area contributed by atoms with E-state index in [4.69, 9.17) is 9.63 Å². The SMILES string of the molecule is CC(C)(C)c1ccccc1-c1nc(CO)no1. The van der Waals surface area contributed by atoms with Crippen molar-refractivity contribution in [1.29, 1.82) is 0 Å². The van der Waals surface area contributed by atoms with Crippen molar-refractivity contribution < 1.29 is 9.63 Å². The summed E-state index contributed by atoms with van der Waals surface area (Å²) in [6.07, 6.45) is 0. The van der Waals surface area contributed by atoms with Gasteiger partial charge in [0.15, 0.2) is 5.82 Å². The molecule has 2 aromatic rings. The molecule has 1 aromatic carbocycles. The van der Waals surface area contributed by atoms with Gasteiger partial charge in [0.05, 0.1) is 0 Å². The average Bonchev–Trinajstić information content (AvgIpc) is 2.76. The lowest BCUT2D eigenvalue weighted by molar-refractivity contribution is 0.264. The van der Waals surface area contributed by atoms with Crippen LogP contribution in [0.15, 0.2) is 28.8 Å². The monoisotopic (exact) mass is 232 g/mol. The molecule has 0 aliphatic heterocycles.